The second kappa shape index (κ2) is 8.39. The molecule has 0 bridgehead atoms. The van der Waals surface area contributed by atoms with Crippen LogP contribution in [0.25, 0.3) is 10.2 Å². The lowest BCUT2D eigenvalue weighted by molar-refractivity contribution is 0.0924. The fourth-order valence-electron chi connectivity index (χ4n) is 3.49. The maximum Gasteiger partial charge on any atom is 0.279 e. The van der Waals surface area contributed by atoms with Gasteiger partial charge in [-0.15, -0.1) is 0 Å². The van der Waals surface area contributed by atoms with E-state index >= 15 is 0 Å². The highest BCUT2D eigenvalue weighted by Gasteiger charge is 2.24. The molecule has 1 aliphatic rings. The maximum absolute atomic E-state index is 10.9. The molecular weight excluding hydrogens is 382 g/mol. The molecule has 4 rings (SSSR count). The van der Waals surface area contributed by atoms with Crippen molar-refractivity contribution in [3.05, 3.63) is 71.8 Å². The number of rotatable bonds is 7. The predicted molar refractivity (Wildman–Crippen MR) is 118 cm³/mol. The lowest BCUT2D eigenvalue weighted by atomic mass is 9.86. The van der Waals surface area contributed by atoms with Crippen LogP contribution in [0.5, 0.6) is 16.7 Å². The van der Waals surface area contributed by atoms with Crippen LogP contribution in [0.4, 0.5) is 0 Å². The van der Waals surface area contributed by atoms with E-state index in [4.69, 9.17) is 9.47 Å². The minimum absolute atomic E-state index is 0.594. The first-order valence-electron chi connectivity index (χ1n) is 9.85. The van der Waals surface area contributed by atoms with Gasteiger partial charge in [0.2, 0.25) is 0 Å². The number of hydrogen-bond acceptors (Lipinski definition) is 5. The molecular formula is C24H25NO3S. The zero-order valence-corrected chi connectivity index (χ0v) is 17.5. The molecule has 29 heavy (non-hydrogen) atoms. The van der Waals surface area contributed by atoms with Gasteiger partial charge in [-0.05, 0) is 68.0 Å². The van der Waals surface area contributed by atoms with Crippen LogP contribution in [0.3, 0.4) is 0 Å². The van der Waals surface area contributed by atoms with E-state index in [9.17, 15) is 5.11 Å². The molecule has 1 heterocycles. The van der Waals surface area contributed by atoms with Crippen molar-refractivity contribution >= 4 is 21.6 Å². The summed E-state index contributed by atoms with van der Waals surface area (Å²) in [5, 5.41) is 11.5. The van der Waals surface area contributed by atoms with E-state index in [-0.39, 0.29) is 0 Å². The number of hydrogen-bond donors (Lipinski definition) is 1. The SMILES string of the molecule is COc1cc(CCC(C)(O)C2=CCCC=C2)ccc1Oc1nc2ccccc2s1. The predicted octanol–water partition coefficient (Wildman–Crippen LogP) is 6.06. The molecule has 4 nitrogen and oxygen atoms in total. The largest absolute Gasteiger partial charge is 0.493 e. The molecule has 0 spiro atoms. The Bertz CT molecular complexity index is 1030. The van der Waals surface area contributed by atoms with Crippen LogP contribution in [-0.4, -0.2) is 22.8 Å². The van der Waals surface area contributed by atoms with Crippen molar-refractivity contribution in [3.8, 4) is 16.7 Å². The molecule has 0 saturated carbocycles. The van der Waals surface area contributed by atoms with Crippen LogP contribution in [0.1, 0.15) is 31.7 Å². The standard InChI is InChI=1S/C24H25NO3S/c1-24(26,18-8-4-3-5-9-18)15-14-17-12-13-20(21(16-17)27-2)28-23-25-19-10-6-7-11-22(19)29-23/h4,6-13,16,26H,3,5,14-15H2,1-2H3. The van der Waals surface area contributed by atoms with Gasteiger partial charge in [-0.1, -0.05) is 47.8 Å². The second-order valence-electron chi connectivity index (χ2n) is 7.45. The average Bonchev–Trinajstić information content (AvgIpc) is 3.16. The van der Waals surface area contributed by atoms with Crippen molar-refractivity contribution in [1.82, 2.24) is 4.98 Å². The number of methoxy groups -OCH3 is 1. The third-order valence-electron chi connectivity index (χ3n) is 5.22. The van der Waals surface area contributed by atoms with E-state index in [0.717, 1.165) is 40.6 Å². The highest BCUT2D eigenvalue weighted by atomic mass is 32.1. The number of fused-ring (bicyclic) bond motifs is 1. The summed E-state index contributed by atoms with van der Waals surface area (Å²) in [4.78, 5) is 4.52. The fourth-order valence-corrected chi connectivity index (χ4v) is 4.31. The topological polar surface area (TPSA) is 51.6 Å². The van der Waals surface area contributed by atoms with E-state index in [1.807, 2.05) is 55.5 Å². The smallest absolute Gasteiger partial charge is 0.279 e. The van der Waals surface area contributed by atoms with Gasteiger partial charge in [-0.25, -0.2) is 4.98 Å². The van der Waals surface area contributed by atoms with Crippen LogP contribution in [0.2, 0.25) is 0 Å². The first kappa shape index (κ1) is 19.7. The van der Waals surface area contributed by atoms with Crippen molar-refractivity contribution in [1.29, 1.82) is 0 Å². The van der Waals surface area contributed by atoms with Crippen molar-refractivity contribution < 1.29 is 14.6 Å². The number of ether oxygens (including phenoxy) is 2. The maximum atomic E-state index is 10.9. The Hall–Kier alpha value is -2.63. The summed E-state index contributed by atoms with van der Waals surface area (Å²) in [5.74, 6) is 1.30. The van der Waals surface area contributed by atoms with Crippen LogP contribution in [0.15, 0.2) is 66.3 Å². The van der Waals surface area contributed by atoms with Crippen molar-refractivity contribution in [2.45, 2.75) is 38.2 Å². The van der Waals surface area contributed by atoms with E-state index in [0.29, 0.717) is 23.1 Å². The summed E-state index contributed by atoms with van der Waals surface area (Å²) < 4.78 is 12.6. The van der Waals surface area contributed by atoms with E-state index in [2.05, 4.69) is 17.1 Å². The van der Waals surface area contributed by atoms with E-state index in [1.54, 1.807) is 7.11 Å². The fraction of sp³-hybridized carbons (Fsp3) is 0.292. The summed E-state index contributed by atoms with van der Waals surface area (Å²) in [6, 6.07) is 13.9. The quantitative estimate of drug-likeness (QED) is 0.517. The summed E-state index contributed by atoms with van der Waals surface area (Å²) >= 11 is 1.51. The molecule has 0 fully saturated rings. The third kappa shape index (κ3) is 4.52. The molecule has 1 unspecified atom stereocenters. The summed E-state index contributed by atoms with van der Waals surface area (Å²) in [6.07, 6.45) is 9.73. The van der Waals surface area contributed by atoms with Gasteiger partial charge < -0.3 is 14.6 Å². The summed E-state index contributed by atoms with van der Waals surface area (Å²) in [5.41, 5.74) is 2.20. The molecule has 1 N–H and O–H groups in total. The number of thiazole rings is 1. The van der Waals surface area contributed by atoms with Gasteiger partial charge in [0.15, 0.2) is 11.5 Å². The van der Waals surface area contributed by atoms with Gasteiger partial charge in [-0.2, -0.15) is 0 Å². The first-order chi connectivity index (χ1) is 14.0. The molecule has 150 valence electrons. The lowest BCUT2D eigenvalue weighted by Gasteiger charge is -2.26. The number of aryl methyl sites for hydroxylation is 1. The summed E-state index contributed by atoms with van der Waals surface area (Å²) in [7, 11) is 1.64. The molecule has 0 radical (unpaired) electrons. The number of aromatic nitrogens is 1. The van der Waals surface area contributed by atoms with E-state index < -0.39 is 5.60 Å². The Morgan fingerprint density at radius 2 is 2.00 bits per heavy atom. The second-order valence-corrected chi connectivity index (χ2v) is 8.44. The highest BCUT2D eigenvalue weighted by molar-refractivity contribution is 7.20. The average molecular weight is 408 g/mol. The van der Waals surface area contributed by atoms with Gasteiger partial charge in [0, 0.05) is 0 Å². The van der Waals surface area contributed by atoms with Gasteiger partial charge in [-0.3, -0.25) is 0 Å². The molecule has 1 aliphatic carbocycles. The third-order valence-corrected chi connectivity index (χ3v) is 6.13. The monoisotopic (exact) mass is 407 g/mol. The molecule has 1 aromatic heterocycles. The molecule has 2 aromatic carbocycles. The number of aliphatic hydroxyl groups is 1. The Labute approximate surface area is 175 Å². The van der Waals surface area contributed by atoms with Gasteiger partial charge in [0.25, 0.3) is 5.19 Å². The van der Waals surface area contributed by atoms with Crippen molar-refractivity contribution in [2.24, 2.45) is 0 Å². The zero-order chi connectivity index (χ0) is 20.3. The normalized spacial score (nSPS) is 15.8. The molecule has 1 atom stereocenters. The van der Waals surface area contributed by atoms with Crippen LogP contribution in [0, 0.1) is 0 Å². The Morgan fingerprint density at radius 3 is 2.76 bits per heavy atom. The number of nitrogens with zero attached hydrogens (tertiary/aromatic N) is 1. The molecule has 0 aliphatic heterocycles. The number of benzene rings is 2. The van der Waals surface area contributed by atoms with Gasteiger partial charge in [0.1, 0.15) is 0 Å². The van der Waals surface area contributed by atoms with Crippen LogP contribution < -0.4 is 9.47 Å². The Balaban J connectivity index is 1.47. The Morgan fingerprint density at radius 1 is 1.14 bits per heavy atom. The number of allylic oxidation sites excluding steroid dienone is 2. The van der Waals surface area contributed by atoms with Crippen molar-refractivity contribution in [3.63, 3.8) is 0 Å². The summed E-state index contributed by atoms with van der Waals surface area (Å²) in [6.45, 7) is 1.89. The van der Waals surface area contributed by atoms with Crippen LogP contribution >= 0.6 is 11.3 Å². The molecule has 5 heteroatoms. The minimum Gasteiger partial charge on any atom is -0.493 e. The van der Waals surface area contributed by atoms with Crippen molar-refractivity contribution in [2.75, 3.05) is 7.11 Å². The lowest BCUT2D eigenvalue weighted by Crippen LogP contribution is -2.27. The first-order valence-corrected chi connectivity index (χ1v) is 10.7. The zero-order valence-electron chi connectivity index (χ0n) is 16.7. The minimum atomic E-state index is -0.833. The van der Waals surface area contributed by atoms with Gasteiger partial charge >= 0.3 is 0 Å². The van der Waals surface area contributed by atoms with E-state index in [1.165, 1.54) is 11.3 Å². The molecule has 0 amide bonds. The molecule has 0 saturated heterocycles. The highest BCUT2D eigenvalue weighted by Crippen LogP contribution is 2.37. The van der Waals surface area contributed by atoms with Gasteiger partial charge in [0.05, 0.1) is 22.9 Å². The Kier molecular flexibility index (Phi) is 5.69. The number of para-hydroxylation sites is 1. The van der Waals surface area contributed by atoms with Crippen LogP contribution in [-0.2, 0) is 6.42 Å². The molecule has 3 aromatic rings.